The number of carbonyl (C=O) groups is 2. The molecule has 27 heavy (non-hydrogen) atoms. The molecule has 2 N–H and O–H groups in total. The number of benzene rings is 1. The van der Waals surface area contributed by atoms with Crippen molar-refractivity contribution in [1.29, 1.82) is 0 Å². The van der Waals surface area contributed by atoms with Crippen LogP contribution < -0.4 is 10.6 Å². The molecule has 0 aliphatic rings. The highest BCUT2D eigenvalue weighted by molar-refractivity contribution is 8.01. The number of hydrogen-bond donors (Lipinski definition) is 2. The SMILES string of the molecule is Cc1ccc(NC(=O)CSc2nnc(NC(=O)Cc3cccs3)s2)c(C)c1. The fourth-order valence-corrected chi connectivity index (χ4v) is 4.59. The molecule has 0 saturated carbocycles. The van der Waals surface area contributed by atoms with Crippen LogP contribution in [-0.4, -0.2) is 27.8 Å². The summed E-state index contributed by atoms with van der Waals surface area (Å²) in [4.78, 5) is 25.1. The minimum Gasteiger partial charge on any atom is -0.325 e. The summed E-state index contributed by atoms with van der Waals surface area (Å²) in [6.45, 7) is 3.98. The smallest absolute Gasteiger partial charge is 0.234 e. The Hall–Kier alpha value is -2.23. The third-order valence-corrected chi connectivity index (χ3v) is 6.40. The second-order valence-electron chi connectivity index (χ2n) is 5.83. The summed E-state index contributed by atoms with van der Waals surface area (Å²) in [6, 6.07) is 9.72. The predicted octanol–water partition coefficient (Wildman–Crippen LogP) is 4.13. The van der Waals surface area contributed by atoms with E-state index in [0.29, 0.717) is 15.9 Å². The third-order valence-electron chi connectivity index (χ3n) is 3.55. The van der Waals surface area contributed by atoms with Crippen molar-refractivity contribution in [3.8, 4) is 0 Å². The van der Waals surface area contributed by atoms with Gasteiger partial charge in [-0.2, -0.15) is 0 Å². The molecule has 0 aliphatic carbocycles. The predicted molar refractivity (Wildman–Crippen MR) is 112 cm³/mol. The summed E-state index contributed by atoms with van der Waals surface area (Å²) in [6.07, 6.45) is 0.317. The maximum Gasteiger partial charge on any atom is 0.234 e. The van der Waals surface area contributed by atoms with E-state index in [1.54, 1.807) is 0 Å². The molecule has 2 aromatic heterocycles. The van der Waals surface area contributed by atoms with Crippen molar-refractivity contribution in [2.75, 3.05) is 16.4 Å². The van der Waals surface area contributed by atoms with Crippen LogP contribution in [0.15, 0.2) is 40.1 Å². The summed E-state index contributed by atoms with van der Waals surface area (Å²) in [5.74, 6) is -0.00590. The molecule has 3 aromatic rings. The van der Waals surface area contributed by atoms with Gasteiger partial charge in [-0.3, -0.25) is 9.59 Å². The first kappa shape index (κ1) is 19.5. The van der Waals surface area contributed by atoms with Gasteiger partial charge >= 0.3 is 0 Å². The highest BCUT2D eigenvalue weighted by atomic mass is 32.2. The first-order chi connectivity index (χ1) is 13.0. The molecule has 9 heteroatoms. The average Bonchev–Trinajstić information content (AvgIpc) is 3.27. The van der Waals surface area contributed by atoms with Crippen molar-refractivity contribution in [2.45, 2.75) is 24.6 Å². The molecule has 6 nitrogen and oxygen atoms in total. The number of thioether (sulfide) groups is 1. The first-order valence-electron chi connectivity index (χ1n) is 8.15. The number of thiophene rings is 1. The molecule has 3 rings (SSSR count). The lowest BCUT2D eigenvalue weighted by Crippen LogP contribution is -2.14. The molecule has 0 unspecified atom stereocenters. The summed E-state index contributed by atoms with van der Waals surface area (Å²) in [5, 5.41) is 16.0. The quantitative estimate of drug-likeness (QED) is 0.445. The van der Waals surface area contributed by atoms with Gasteiger partial charge in [0.2, 0.25) is 16.9 Å². The van der Waals surface area contributed by atoms with Crippen molar-refractivity contribution >= 4 is 57.1 Å². The number of rotatable bonds is 7. The van der Waals surface area contributed by atoms with E-state index in [-0.39, 0.29) is 17.6 Å². The molecule has 0 aliphatic heterocycles. The lowest BCUT2D eigenvalue weighted by atomic mass is 10.1. The number of aryl methyl sites for hydroxylation is 2. The van der Waals surface area contributed by atoms with Crippen molar-refractivity contribution in [3.63, 3.8) is 0 Å². The zero-order valence-electron chi connectivity index (χ0n) is 14.8. The Bertz CT molecular complexity index is 938. The normalized spacial score (nSPS) is 10.6. The summed E-state index contributed by atoms with van der Waals surface area (Å²) >= 11 is 4.09. The van der Waals surface area contributed by atoms with Gasteiger partial charge in [-0.25, -0.2) is 0 Å². The standard InChI is InChI=1S/C18H18N4O2S3/c1-11-5-6-14(12(2)8-11)19-16(24)10-26-18-22-21-17(27-18)20-15(23)9-13-4-3-7-25-13/h3-8H,9-10H2,1-2H3,(H,19,24)(H,20,21,23). The van der Waals surface area contributed by atoms with Gasteiger partial charge in [0.05, 0.1) is 12.2 Å². The number of nitrogens with one attached hydrogen (secondary N) is 2. The Morgan fingerprint density at radius 1 is 1.11 bits per heavy atom. The molecular weight excluding hydrogens is 400 g/mol. The molecule has 2 amide bonds. The maximum absolute atomic E-state index is 12.1. The van der Waals surface area contributed by atoms with E-state index < -0.39 is 0 Å². The van der Waals surface area contributed by atoms with Gasteiger partial charge in [0.15, 0.2) is 4.34 Å². The summed E-state index contributed by atoms with van der Waals surface area (Å²) in [5.41, 5.74) is 2.99. The average molecular weight is 419 g/mol. The van der Waals surface area contributed by atoms with Gasteiger partial charge in [-0.1, -0.05) is 46.9 Å². The van der Waals surface area contributed by atoms with Crippen LogP contribution in [-0.2, 0) is 16.0 Å². The lowest BCUT2D eigenvalue weighted by molar-refractivity contribution is -0.115. The van der Waals surface area contributed by atoms with Gasteiger partial charge in [0, 0.05) is 10.6 Å². The molecule has 0 atom stereocenters. The van der Waals surface area contributed by atoms with Crippen molar-refractivity contribution in [2.24, 2.45) is 0 Å². The van der Waals surface area contributed by atoms with Crippen molar-refractivity contribution < 1.29 is 9.59 Å². The third kappa shape index (κ3) is 5.88. The molecule has 1 aromatic carbocycles. The van der Waals surface area contributed by atoms with E-state index in [0.717, 1.165) is 21.7 Å². The number of amides is 2. The molecule has 0 fully saturated rings. The molecule has 0 bridgehead atoms. The topological polar surface area (TPSA) is 84.0 Å². The Kier molecular flexibility index (Phi) is 6.59. The van der Waals surface area contributed by atoms with Crippen LogP contribution in [0.4, 0.5) is 10.8 Å². The minimum absolute atomic E-state index is 0.106. The van der Waals surface area contributed by atoms with E-state index in [1.165, 1.54) is 34.4 Å². The minimum atomic E-state index is -0.127. The monoisotopic (exact) mass is 418 g/mol. The number of aromatic nitrogens is 2. The molecule has 0 spiro atoms. The van der Waals surface area contributed by atoms with Gasteiger partial charge in [0.1, 0.15) is 0 Å². The Morgan fingerprint density at radius 3 is 2.70 bits per heavy atom. The van der Waals surface area contributed by atoms with Gasteiger partial charge < -0.3 is 10.6 Å². The second kappa shape index (κ2) is 9.12. The van der Waals surface area contributed by atoms with Crippen molar-refractivity contribution in [3.05, 3.63) is 51.7 Å². The number of carbonyl (C=O) groups excluding carboxylic acids is 2. The largest absolute Gasteiger partial charge is 0.325 e. The molecule has 140 valence electrons. The van der Waals surface area contributed by atoms with Crippen LogP contribution in [0.5, 0.6) is 0 Å². The second-order valence-corrected chi connectivity index (χ2v) is 9.06. The Balaban J connectivity index is 1.47. The molecule has 2 heterocycles. The highest BCUT2D eigenvalue weighted by Gasteiger charge is 2.12. The van der Waals surface area contributed by atoms with Gasteiger partial charge in [0.25, 0.3) is 0 Å². The highest BCUT2D eigenvalue weighted by Crippen LogP contribution is 2.26. The number of nitrogens with zero attached hydrogens (tertiary/aromatic N) is 2. The fraction of sp³-hybridized carbons (Fsp3) is 0.222. The Labute approximate surface area is 169 Å². The summed E-state index contributed by atoms with van der Waals surface area (Å²) in [7, 11) is 0. The zero-order chi connectivity index (χ0) is 19.2. The number of anilines is 2. The van der Waals surface area contributed by atoms with E-state index in [2.05, 4.69) is 20.8 Å². The van der Waals surface area contributed by atoms with Crippen LogP contribution in [0.25, 0.3) is 0 Å². The van der Waals surface area contributed by atoms with Gasteiger partial charge in [-0.15, -0.1) is 21.5 Å². The Morgan fingerprint density at radius 2 is 1.96 bits per heavy atom. The van der Waals surface area contributed by atoms with E-state index in [4.69, 9.17) is 0 Å². The molecular formula is C18H18N4O2S3. The molecule has 0 radical (unpaired) electrons. The van der Waals surface area contributed by atoms with Crippen LogP contribution in [0, 0.1) is 13.8 Å². The van der Waals surface area contributed by atoms with Crippen LogP contribution in [0.2, 0.25) is 0 Å². The van der Waals surface area contributed by atoms with E-state index >= 15 is 0 Å². The van der Waals surface area contributed by atoms with E-state index in [9.17, 15) is 9.59 Å². The van der Waals surface area contributed by atoms with E-state index in [1.807, 2.05) is 49.6 Å². The van der Waals surface area contributed by atoms with Crippen LogP contribution >= 0.6 is 34.4 Å². The van der Waals surface area contributed by atoms with Crippen molar-refractivity contribution in [1.82, 2.24) is 10.2 Å². The summed E-state index contributed by atoms with van der Waals surface area (Å²) < 4.78 is 0.636. The zero-order valence-corrected chi connectivity index (χ0v) is 17.3. The fourth-order valence-electron chi connectivity index (χ4n) is 2.32. The maximum atomic E-state index is 12.1. The van der Waals surface area contributed by atoms with Crippen LogP contribution in [0.3, 0.4) is 0 Å². The van der Waals surface area contributed by atoms with Gasteiger partial charge in [-0.05, 0) is 36.9 Å². The molecule has 0 saturated heterocycles. The first-order valence-corrected chi connectivity index (χ1v) is 10.8. The number of hydrogen-bond acceptors (Lipinski definition) is 7. The van der Waals surface area contributed by atoms with Crippen LogP contribution in [0.1, 0.15) is 16.0 Å². The lowest BCUT2D eigenvalue weighted by Gasteiger charge is -2.08.